The van der Waals surface area contributed by atoms with Gasteiger partial charge in [0.1, 0.15) is 0 Å². The highest BCUT2D eigenvalue weighted by molar-refractivity contribution is 5.39. The first-order valence-electron chi connectivity index (χ1n) is 8.33. The van der Waals surface area contributed by atoms with Crippen molar-refractivity contribution in [3.05, 3.63) is 29.5 Å². The maximum Gasteiger partial charge on any atom is 0.0844 e. The number of aliphatic hydroxyl groups is 2. The fourth-order valence-corrected chi connectivity index (χ4v) is 4.52. The summed E-state index contributed by atoms with van der Waals surface area (Å²) in [6.45, 7) is 5.90. The lowest BCUT2D eigenvalue weighted by molar-refractivity contribution is 0.00796. The van der Waals surface area contributed by atoms with E-state index in [2.05, 4.69) is 24.8 Å². The summed E-state index contributed by atoms with van der Waals surface area (Å²) in [4.78, 5) is 0. The van der Waals surface area contributed by atoms with Crippen molar-refractivity contribution in [2.24, 2.45) is 16.7 Å². The van der Waals surface area contributed by atoms with Gasteiger partial charge in [0.25, 0.3) is 0 Å². The Kier molecular flexibility index (Phi) is 3.48. The Hall–Kier alpha value is -0.820. The quantitative estimate of drug-likeness (QED) is 0.613. The zero-order valence-electron chi connectivity index (χ0n) is 13.5. The molecule has 2 N–H and O–H groups in total. The van der Waals surface area contributed by atoms with Gasteiger partial charge in [-0.3, -0.25) is 0 Å². The number of allylic oxidation sites excluding steroid dienone is 2. The van der Waals surface area contributed by atoms with E-state index in [4.69, 9.17) is 0 Å². The first-order valence-corrected chi connectivity index (χ1v) is 8.33. The molecule has 21 heavy (non-hydrogen) atoms. The van der Waals surface area contributed by atoms with Gasteiger partial charge in [-0.1, -0.05) is 18.6 Å². The Labute approximate surface area is 128 Å². The molecule has 3 aliphatic rings. The predicted octanol–water partition coefficient (Wildman–Crippen LogP) is 3.75. The fourth-order valence-electron chi connectivity index (χ4n) is 4.52. The van der Waals surface area contributed by atoms with E-state index < -0.39 is 5.60 Å². The number of aliphatic hydroxyl groups excluding tert-OH is 1. The fraction of sp³-hybridized carbons (Fsp3) is 0.737. The molecular formula is C19H28O2. The van der Waals surface area contributed by atoms with Crippen LogP contribution in [0.2, 0.25) is 0 Å². The molecule has 0 aliphatic heterocycles. The summed E-state index contributed by atoms with van der Waals surface area (Å²) in [5.74, 6) is 0.408. The largest absolute Gasteiger partial charge is 0.393 e. The van der Waals surface area contributed by atoms with E-state index in [0.29, 0.717) is 5.92 Å². The maximum absolute atomic E-state index is 10.3. The van der Waals surface area contributed by atoms with Crippen molar-refractivity contribution < 1.29 is 10.2 Å². The van der Waals surface area contributed by atoms with Gasteiger partial charge in [0.2, 0.25) is 0 Å². The summed E-state index contributed by atoms with van der Waals surface area (Å²) in [6.07, 6.45) is 12.9. The van der Waals surface area contributed by atoms with E-state index in [0.717, 1.165) is 19.3 Å². The van der Waals surface area contributed by atoms with Crippen molar-refractivity contribution in [3.8, 4) is 0 Å². The zero-order chi connectivity index (χ0) is 15.3. The second kappa shape index (κ2) is 4.84. The summed E-state index contributed by atoms with van der Waals surface area (Å²) >= 11 is 0. The third kappa shape index (κ3) is 2.65. The third-order valence-corrected chi connectivity index (χ3v) is 5.79. The number of fused-ring (bicyclic) bond motifs is 1. The SMILES string of the molecule is CC(C)(O)C=C=CC1(C2=CC[C@H]3[C@@H](O)CCC[C@]23C)CC1. The lowest BCUT2D eigenvalue weighted by Gasteiger charge is -2.43. The van der Waals surface area contributed by atoms with Crippen LogP contribution in [0.5, 0.6) is 0 Å². The van der Waals surface area contributed by atoms with Crippen molar-refractivity contribution in [2.45, 2.75) is 71.0 Å². The molecule has 0 aromatic carbocycles. The highest BCUT2D eigenvalue weighted by Crippen LogP contribution is 2.65. The lowest BCUT2D eigenvalue weighted by Crippen LogP contribution is -2.39. The monoisotopic (exact) mass is 288 g/mol. The van der Waals surface area contributed by atoms with Gasteiger partial charge in [-0.25, -0.2) is 0 Å². The Morgan fingerprint density at radius 2 is 2.05 bits per heavy atom. The zero-order valence-corrected chi connectivity index (χ0v) is 13.5. The van der Waals surface area contributed by atoms with Gasteiger partial charge in [-0.15, -0.1) is 5.73 Å². The molecule has 0 unspecified atom stereocenters. The Bertz CT molecular complexity index is 512. The molecule has 0 radical (unpaired) electrons. The molecule has 3 rings (SSSR count). The minimum Gasteiger partial charge on any atom is -0.393 e. The molecule has 0 heterocycles. The molecule has 2 nitrogen and oxygen atoms in total. The van der Waals surface area contributed by atoms with Gasteiger partial charge < -0.3 is 10.2 Å². The molecule has 0 aromatic rings. The first kappa shape index (κ1) is 15.1. The molecule has 0 aromatic heterocycles. The third-order valence-electron chi connectivity index (χ3n) is 5.79. The smallest absolute Gasteiger partial charge is 0.0844 e. The van der Waals surface area contributed by atoms with Crippen molar-refractivity contribution in [1.29, 1.82) is 0 Å². The average Bonchev–Trinajstić information content (AvgIpc) is 3.03. The van der Waals surface area contributed by atoms with E-state index in [1.807, 2.05) is 0 Å². The highest BCUT2D eigenvalue weighted by atomic mass is 16.3. The van der Waals surface area contributed by atoms with Gasteiger partial charge >= 0.3 is 0 Å². The van der Waals surface area contributed by atoms with Gasteiger partial charge in [-0.05, 0) is 75.9 Å². The van der Waals surface area contributed by atoms with Gasteiger partial charge in [0.15, 0.2) is 0 Å². The average molecular weight is 288 g/mol. The molecule has 0 spiro atoms. The van der Waals surface area contributed by atoms with E-state index in [9.17, 15) is 10.2 Å². The van der Waals surface area contributed by atoms with Crippen molar-refractivity contribution in [1.82, 2.24) is 0 Å². The van der Waals surface area contributed by atoms with E-state index in [1.165, 1.54) is 24.8 Å². The molecule has 3 aliphatic carbocycles. The van der Waals surface area contributed by atoms with E-state index >= 15 is 0 Å². The highest BCUT2D eigenvalue weighted by Gasteiger charge is 2.56. The Morgan fingerprint density at radius 3 is 2.67 bits per heavy atom. The van der Waals surface area contributed by atoms with Crippen LogP contribution in [0.25, 0.3) is 0 Å². The molecular weight excluding hydrogens is 260 g/mol. The van der Waals surface area contributed by atoms with Crippen molar-refractivity contribution >= 4 is 0 Å². The van der Waals surface area contributed by atoms with Crippen molar-refractivity contribution in [2.75, 3.05) is 0 Å². The summed E-state index contributed by atoms with van der Waals surface area (Å²) in [5, 5.41) is 20.1. The maximum atomic E-state index is 10.3. The van der Waals surface area contributed by atoms with E-state index in [1.54, 1.807) is 19.9 Å². The second-order valence-electron chi connectivity index (χ2n) is 8.10. The first-order chi connectivity index (χ1) is 9.77. The molecule has 2 saturated carbocycles. The van der Waals surface area contributed by atoms with Crippen LogP contribution in [-0.4, -0.2) is 21.9 Å². The number of hydrogen-bond acceptors (Lipinski definition) is 2. The van der Waals surface area contributed by atoms with Crippen LogP contribution in [0.15, 0.2) is 29.5 Å². The Morgan fingerprint density at radius 1 is 1.33 bits per heavy atom. The minimum atomic E-state index is -0.801. The van der Waals surface area contributed by atoms with Crippen LogP contribution >= 0.6 is 0 Å². The Balaban J connectivity index is 1.86. The molecule has 0 amide bonds. The van der Waals surface area contributed by atoms with Crippen LogP contribution in [0.3, 0.4) is 0 Å². The minimum absolute atomic E-state index is 0.135. The van der Waals surface area contributed by atoms with Crippen molar-refractivity contribution in [3.63, 3.8) is 0 Å². The summed E-state index contributed by atoms with van der Waals surface area (Å²) in [6, 6.07) is 0. The van der Waals surface area contributed by atoms with Crippen LogP contribution < -0.4 is 0 Å². The normalized spacial score (nSPS) is 37.3. The van der Waals surface area contributed by atoms with Crippen LogP contribution in [0, 0.1) is 16.7 Å². The van der Waals surface area contributed by atoms with Gasteiger partial charge in [0, 0.05) is 5.41 Å². The summed E-state index contributed by atoms with van der Waals surface area (Å²) in [7, 11) is 0. The molecule has 0 bridgehead atoms. The summed E-state index contributed by atoms with van der Waals surface area (Å²) in [5.41, 5.74) is 4.28. The second-order valence-corrected chi connectivity index (χ2v) is 8.10. The predicted molar refractivity (Wildman–Crippen MR) is 84.8 cm³/mol. The molecule has 2 heteroatoms. The molecule has 0 saturated heterocycles. The number of rotatable bonds is 3. The van der Waals surface area contributed by atoms with Crippen LogP contribution in [-0.2, 0) is 0 Å². The van der Waals surface area contributed by atoms with Gasteiger partial charge in [0.05, 0.1) is 11.7 Å². The van der Waals surface area contributed by atoms with Gasteiger partial charge in [-0.2, -0.15) is 0 Å². The van der Waals surface area contributed by atoms with Crippen LogP contribution in [0.4, 0.5) is 0 Å². The van der Waals surface area contributed by atoms with Crippen LogP contribution in [0.1, 0.15) is 59.3 Å². The molecule has 3 atom stereocenters. The van der Waals surface area contributed by atoms with E-state index in [-0.39, 0.29) is 16.9 Å². The standard InChI is InChI=1S/C19H28O2/c1-17(2,21)9-5-11-19(12-13-19)16-8-7-14-15(20)6-4-10-18(14,16)3/h8-9,11,14-15,20-21H,4,6-7,10,12-13H2,1-3H3/t5?,14-,15-,18-/m0/s1. The molecule has 116 valence electrons. The lowest BCUT2D eigenvalue weighted by atomic mass is 9.62. The summed E-state index contributed by atoms with van der Waals surface area (Å²) < 4.78 is 0. The topological polar surface area (TPSA) is 40.5 Å². The number of hydrogen-bond donors (Lipinski definition) is 2. The molecule has 2 fully saturated rings.